The van der Waals surface area contributed by atoms with Gasteiger partial charge >= 0.3 is 0 Å². The van der Waals surface area contributed by atoms with Gasteiger partial charge in [-0.3, -0.25) is 4.57 Å². The van der Waals surface area contributed by atoms with Crippen LogP contribution in [-0.4, -0.2) is 25.0 Å². The van der Waals surface area contributed by atoms with Crippen LogP contribution in [0.15, 0.2) is 80.9 Å². The molecule has 3 aromatic heterocycles. The zero-order chi connectivity index (χ0) is 22.8. The molecular formula is C25H23N5O2S. The Morgan fingerprint density at radius 1 is 0.909 bits per heavy atom. The molecule has 0 saturated carbocycles. The average molecular weight is 458 g/mol. The molecule has 0 aliphatic rings. The van der Waals surface area contributed by atoms with Crippen LogP contribution in [0.5, 0.6) is 0 Å². The van der Waals surface area contributed by atoms with Crippen LogP contribution in [0.3, 0.4) is 0 Å². The summed E-state index contributed by atoms with van der Waals surface area (Å²) in [4.78, 5) is 0. The molecule has 0 bridgehead atoms. The highest BCUT2D eigenvalue weighted by Crippen LogP contribution is 2.36. The molecule has 3 heterocycles. The predicted molar refractivity (Wildman–Crippen MR) is 127 cm³/mol. The van der Waals surface area contributed by atoms with E-state index < -0.39 is 0 Å². The third-order valence-electron chi connectivity index (χ3n) is 5.37. The van der Waals surface area contributed by atoms with E-state index in [4.69, 9.17) is 8.83 Å². The minimum atomic E-state index is -0.103. The van der Waals surface area contributed by atoms with Crippen molar-refractivity contribution in [2.45, 2.75) is 37.7 Å². The van der Waals surface area contributed by atoms with Crippen LogP contribution in [-0.2, 0) is 6.54 Å². The molecule has 0 amide bonds. The minimum absolute atomic E-state index is 0.103. The number of hydrogen-bond donors (Lipinski definition) is 0. The molecule has 0 spiro atoms. The summed E-state index contributed by atoms with van der Waals surface area (Å²) in [5.41, 5.74) is 4.18. The largest absolute Gasteiger partial charge is 0.469 e. The van der Waals surface area contributed by atoms with Crippen LogP contribution in [0.1, 0.15) is 35.0 Å². The summed E-state index contributed by atoms with van der Waals surface area (Å²) < 4.78 is 13.6. The summed E-state index contributed by atoms with van der Waals surface area (Å²) in [6.45, 7) is 6.65. The molecule has 0 radical (unpaired) electrons. The van der Waals surface area contributed by atoms with Crippen molar-refractivity contribution in [1.82, 2.24) is 25.0 Å². The van der Waals surface area contributed by atoms with Gasteiger partial charge in [-0.15, -0.1) is 20.4 Å². The van der Waals surface area contributed by atoms with Crippen LogP contribution >= 0.6 is 11.8 Å². The Labute approximate surface area is 195 Å². The SMILES string of the molecule is Cc1ccc(-c2nnc(C(C)Sc3nnc(-c4ccoc4C)n3Cc3ccccc3)o2)cc1. The second kappa shape index (κ2) is 9.07. The fourth-order valence-corrected chi connectivity index (χ4v) is 4.40. The van der Waals surface area contributed by atoms with Crippen LogP contribution < -0.4 is 0 Å². The second-order valence-corrected chi connectivity index (χ2v) is 9.15. The summed E-state index contributed by atoms with van der Waals surface area (Å²) in [6.07, 6.45) is 1.67. The van der Waals surface area contributed by atoms with E-state index in [-0.39, 0.29) is 5.25 Å². The Kier molecular flexibility index (Phi) is 5.83. The summed E-state index contributed by atoms with van der Waals surface area (Å²) >= 11 is 1.54. The number of hydrogen-bond acceptors (Lipinski definition) is 7. The summed E-state index contributed by atoms with van der Waals surface area (Å²) in [6, 6.07) is 20.2. The van der Waals surface area contributed by atoms with Gasteiger partial charge < -0.3 is 8.83 Å². The van der Waals surface area contributed by atoms with Crippen molar-refractivity contribution in [1.29, 1.82) is 0 Å². The van der Waals surface area contributed by atoms with Gasteiger partial charge in [0, 0.05) is 5.56 Å². The first-order valence-electron chi connectivity index (χ1n) is 10.7. The zero-order valence-corrected chi connectivity index (χ0v) is 19.4. The average Bonchev–Trinajstić information content (AvgIpc) is 3.56. The Bertz CT molecular complexity index is 1360. The van der Waals surface area contributed by atoms with Crippen molar-refractivity contribution >= 4 is 11.8 Å². The first-order chi connectivity index (χ1) is 16.1. The van der Waals surface area contributed by atoms with E-state index in [2.05, 4.69) is 37.1 Å². The molecule has 2 aromatic carbocycles. The number of rotatable bonds is 7. The molecule has 1 atom stereocenters. The first-order valence-corrected chi connectivity index (χ1v) is 11.5. The van der Waals surface area contributed by atoms with Gasteiger partial charge in [-0.25, -0.2) is 0 Å². The number of aryl methyl sites for hydroxylation is 2. The molecule has 0 aliphatic carbocycles. The Morgan fingerprint density at radius 2 is 1.70 bits per heavy atom. The van der Waals surface area contributed by atoms with Gasteiger partial charge in [-0.05, 0) is 44.5 Å². The fourth-order valence-electron chi connectivity index (χ4n) is 3.52. The van der Waals surface area contributed by atoms with Gasteiger partial charge in [-0.2, -0.15) is 0 Å². The van der Waals surface area contributed by atoms with Crippen LogP contribution in [0.2, 0.25) is 0 Å². The topological polar surface area (TPSA) is 82.8 Å². The molecule has 0 fully saturated rings. The predicted octanol–water partition coefficient (Wildman–Crippen LogP) is 6.11. The van der Waals surface area contributed by atoms with E-state index in [9.17, 15) is 0 Å². The third kappa shape index (κ3) is 4.47. The van der Waals surface area contributed by atoms with Crippen molar-refractivity contribution in [2.24, 2.45) is 0 Å². The maximum atomic E-state index is 5.98. The van der Waals surface area contributed by atoms with E-state index in [0.717, 1.165) is 33.4 Å². The Morgan fingerprint density at radius 3 is 2.42 bits per heavy atom. The molecule has 0 aliphatic heterocycles. The van der Waals surface area contributed by atoms with Gasteiger partial charge in [0.1, 0.15) is 5.76 Å². The fraction of sp³-hybridized carbons (Fsp3) is 0.200. The van der Waals surface area contributed by atoms with E-state index in [1.165, 1.54) is 17.3 Å². The van der Waals surface area contributed by atoms with Gasteiger partial charge in [0.2, 0.25) is 11.8 Å². The Balaban J connectivity index is 1.44. The van der Waals surface area contributed by atoms with E-state index in [0.29, 0.717) is 18.3 Å². The maximum Gasteiger partial charge on any atom is 0.247 e. The quantitative estimate of drug-likeness (QED) is 0.273. The molecule has 5 rings (SSSR count). The molecule has 1 unspecified atom stereocenters. The smallest absolute Gasteiger partial charge is 0.247 e. The van der Waals surface area contributed by atoms with Crippen LogP contribution in [0.4, 0.5) is 0 Å². The monoisotopic (exact) mass is 457 g/mol. The molecule has 8 heteroatoms. The number of furan rings is 1. The number of nitrogens with zero attached hydrogens (tertiary/aromatic N) is 5. The molecule has 33 heavy (non-hydrogen) atoms. The maximum absolute atomic E-state index is 5.98. The highest BCUT2D eigenvalue weighted by Gasteiger charge is 2.23. The normalized spacial score (nSPS) is 12.2. The zero-order valence-electron chi connectivity index (χ0n) is 18.6. The van der Waals surface area contributed by atoms with Crippen molar-refractivity contribution in [3.8, 4) is 22.8 Å². The Hall–Kier alpha value is -3.65. The van der Waals surface area contributed by atoms with Gasteiger partial charge in [0.25, 0.3) is 0 Å². The number of aromatic nitrogens is 5. The lowest BCUT2D eigenvalue weighted by Gasteiger charge is -2.12. The van der Waals surface area contributed by atoms with E-state index >= 15 is 0 Å². The van der Waals surface area contributed by atoms with Crippen LogP contribution in [0, 0.1) is 13.8 Å². The molecule has 7 nitrogen and oxygen atoms in total. The van der Waals surface area contributed by atoms with Gasteiger partial charge in [-0.1, -0.05) is 59.8 Å². The van der Waals surface area contributed by atoms with E-state index in [1.54, 1.807) is 6.26 Å². The lowest BCUT2D eigenvalue weighted by Crippen LogP contribution is -2.05. The lowest BCUT2D eigenvalue weighted by atomic mass is 10.1. The molecule has 5 aromatic rings. The lowest BCUT2D eigenvalue weighted by molar-refractivity contribution is 0.508. The summed E-state index contributed by atoms with van der Waals surface area (Å²) in [5, 5.41) is 18.2. The molecule has 0 saturated heterocycles. The summed E-state index contributed by atoms with van der Waals surface area (Å²) in [5.74, 6) is 2.63. The third-order valence-corrected chi connectivity index (χ3v) is 6.44. The van der Waals surface area contributed by atoms with E-state index in [1.807, 2.05) is 69.3 Å². The van der Waals surface area contributed by atoms with Gasteiger partial charge in [0.05, 0.1) is 23.6 Å². The number of benzene rings is 2. The van der Waals surface area contributed by atoms with Crippen molar-refractivity contribution in [3.63, 3.8) is 0 Å². The molecule has 166 valence electrons. The van der Waals surface area contributed by atoms with Crippen molar-refractivity contribution in [3.05, 3.63) is 89.7 Å². The highest BCUT2D eigenvalue weighted by atomic mass is 32.2. The standard InChI is InChI=1S/C25H23N5O2S/c1-16-9-11-20(12-10-16)24-28-27-23(32-24)18(3)33-25-29-26-22(21-13-14-31-17(21)2)30(25)15-19-7-5-4-6-8-19/h4-14,18H,15H2,1-3H3. The van der Waals surface area contributed by atoms with Crippen molar-refractivity contribution in [2.75, 3.05) is 0 Å². The first kappa shape index (κ1) is 21.2. The highest BCUT2D eigenvalue weighted by molar-refractivity contribution is 7.99. The summed E-state index contributed by atoms with van der Waals surface area (Å²) in [7, 11) is 0. The number of thioether (sulfide) groups is 1. The van der Waals surface area contributed by atoms with Crippen LogP contribution in [0.25, 0.3) is 22.8 Å². The van der Waals surface area contributed by atoms with Gasteiger partial charge in [0.15, 0.2) is 11.0 Å². The second-order valence-electron chi connectivity index (χ2n) is 7.84. The molecular weight excluding hydrogens is 434 g/mol. The van der Waals surface area contributed by atoms with Crippen molar-refractivity contribution < 1.29 is 8.83 Å². The minimum Gasteiger partial charge on any atom is -0.469 e. The molecule has 0 N–H and O–H groups in total.